The van der Waals surface area contributed by atoms with Crippen molar-refractivity contribution in [3.8, 4) is 0 Å². The number of rotatable bonds is 7. The summed E-state index contributed by atoms with van der Waals surface area (Å²) in [5.74, 6) is 0. The molecule has 0 aromatic rings. The lowest BCUT2D eigenvalue weighted by Crippen LogP contribution is -2.62. The molecule has 112 valence electrons. The summed E-state index contributed by atoms with van der Waals surface area (Å²) in [6, 6.07) is 0.686. The van der Waals surface area contributed by atoms with Gasteiger partial charge in [-0.2, -0.15) is 0 Å². The van der Waals surface area contributed by atoms with Gasteiger partial charge in [0.1, 0.15) is 0 Å². The maximum absolute atomic E-state index is 3.72. The van der Waals surface area contributed by atoms with E-state index in [9.17, 15) is 0 Å². The first-order valence-corrected chi connectivity index (χ1v) is 8.75. The first-order chi connectivity index (χ1) is 9.27. The highest BCUT2D eigenvalue weighted by Gasteiger charge is 2.42. The smallest absolute Gasteiger partial charge is 0.0334 e. The van der Waals surface area contributed by atoms with Crippen LogP contribution in [0.1, 0.15) is 78.1 Å². The summed E-state index contributed by atoms with van der Waals surface area (Å²) in [6.07, 6.45) is 14.3. The summed E-state index contributed by atoms with van der Waals surface area (Å²) in [5.41, 5.74) is 0.538. The van der Waals surface area contributed by atoms with E-state index in [-0.39, 0.29) is 0 Å². The van der Waals surface area contributed by atoms with Gasteiger partial charge in [-0.05, 0) is 32.7 Å². The van der Waals surface area contributed by atoms with Crippen LogP contribution in [0.4, 0.5) is 0 Å². The highest BCUT2D eigenvalue weighted by Crippen LogP contribution is 2.36. The molecule has 1 N–H and O–H groups in total. The van der Waals surface area contributed by atoms with Gasteiger partial charge in [0.05, 0.1) is 0 Å². The van der Waals surface area contributed by atoms with E-state index in [1.165, 1.54) is 83.8 Å². The van der Waals surface area contributed by atoms with Crippen LogP contribution in [0.2, 0.25) is 0 Å². The summed E-state index contributed by atoms with van der Waals surface area (Å²) in [5, 5.41) is 3.72. The molecule has 2 aliphatic rings. The molecule has 0 aromatic heterocycles. The molecule has 0 radical (unpaired) electrons. The molecule has 1 aliphatic heterocycles. The first-order valence-electron chi connectivity index (χ1n) is 8.75. The van der Waals surface area contributed by atoms with Crippen molar-refractivity contribution in [2.75, 3.05) is 19.6 Å². The molecule has 0 aromatic carbocycles. The number of hydrogen-bond donors (Lipinski definition) is 1. The molecule has 2 rings (SSSR count). The van der Waals surface area contributed by atoms with Crippen molar-refractivity contribution in [3.63, 3.8) is 0 Å². The van der Waals surface area contributed by atoms with Gasteiger partial charge in [0.25, 0.3) is 0 Å². The van der Waals surface area contributed by atoms with Crippen LogP contribution >= 0.6 is 0 Å². The fraction of sp³-hybridized carbons (Fsp3) is 1.00. The second-order valence-electron chi connectivity index (χ2n) is 6.93. The van der Waals surface area contributed by atoms with Gasteiger partial charge in [-0.15, -0.1) is 0 Å². The van der Waals surface area contributed by atoms with Gasteiger partial charge in [0.15, 0.2) is 0 Å². The Balaban J connectivity index is 1.72. The van der Waals surface area contributed by atoms with Gasteiger partial charge in [0, 0.05) is 24.7 Å². The van der Waals surface area contributed by atoms with Crippen molar-refractivity contribution in [1.82, 2.24) is 10.2 Å². The summed E-state index contributed by atoms with van der Waals surface area (Å²) in [6.45, 7) is 8.50. The highest BCUT2D eigenvalue weighted by atomic mass is 15.3. The van der Waals surface area contributed by atoms with E-state index in [1.54, 1.807) is 0 Å². The molecule has 1 aliphatic carbocycles. The SMILES string of the molecule is CCCCCCCCN1CC(C)NCC12CCCC2. The molecule has 0 bridgehead atoms. The van der Waals surface area contributed by atoms with Crippen LogP contribution in [0.3, 0.4) is 0 Å². The standard InChI is InChI=1S/C17H34N2/c1-3-4-5-6-7-10-13-19-14-16(2)18-15-17(19)11-8-9-12-17/h16,18H,3-15H2,1-2H3. The third kappa shape index (κ3) is 4.19. The van der Waals surface area contributed by atoms with Gasteiger partial charge >= 0.3 is 0 Å². The summed E-state index contributed by atoms with van der Waals surface area (Å²) in [7, 11) is 0. The number of hydrogen-bond acceptors (Lipinski definition) is 2. The molecule has 1 saturated carbocycles. The first kappa shape index (κ1) is 15.3. The number of piperazine rings is 1. The minimum atomic E-state index is 0.538. The maximum atomic E-state index is 3.72. The fourth-order valence-corrected chi connectivity index (χ4v) is 4.00. The average molecular weight is 266 g/mol. The molecule has 1 spiro atoms. The second-order valence-corrected chi connectivity index (χ2v) is 6.93. The van der Waals surface area contributed by atoms with Gasteiger partial charge in [-0.25, -0.2) is 0 Å². The van der Waals surface area contributed by atoms with E-state index in [2.05, 4.69) is 24.1 Å². The van der Waals surface area contributed by atoms with E-state index >= 15 is 0 Å². The van der Waals surface area contributed by atoms with Crippen molar-refractivity contribution in [3.05, 3.63) is 0 Å². The number of nitrogens with zero attached hydrogens (tertiary/aromatic N) is 1. The molecular weight excluding hydrogens is 232 g/mol. The molecular formula is C17H34N2. The lowest BCUT2D eigenvalue weighted by atomic mass is 9.90. The van der Waals surface area contributed by atoms with Gasteiger partial charge < -0.3 is 5.32 Å². The van der Waals surface area contributed by atoms with Crippen molar-refractivity contribution in [2.45, 2.75) is 89.6 Å². The van der Waals surface area contributed by atoms with Gasteiger partial charge in [-0.1, -0.05) is 51.9 Å². The minimum absolute atomic E-state index is 0.538. The topological polar surface area (TPSA) is 15.3 Å². The summed E-state index contributed by atoms with van der Waals surface area (Å²) < 4.78 is 0. The molecule has 19 heavy (non-hydrogen) atoms. The monoisotopic (exact) mass is 266 g/mol. The molecule has 2 fully saturated rings. The average Bonchev–Trinajstić information content (AvgIpc) is 2.87. The van der Waals surface area contributed by atoms with E-state index in [0.29, 0.717) is 11.6 Å². The van der Waals surface area contributed by atoms with Crippen LogP contribution in [-0.2, 0) is 0 Å². The third-order valence-corrected chi connectivity index (χ3v) is 5.26. The fourth-order valence-electron chi connectivity index (χ4n) is 4.00. The molecule has 0 amide bonds. The zero-order valence-electron chi connectivity index (χ0n) is 13.2. The molecule has 1 saturated heterocycles. The third-order valence-electron chi connectivity index (χ3n) is 5.26. The Morgan fingerprint density at radius 2 is 1.74 bits per heavy atom. The van der Waals surface area contributed by atoms with Crippen LogP contribution < -0.4 is 5.32 Å². The zero-order chi connectivity index (χ0) is 13.6. The number of nitrogens with one attached hydrogen (secondary N) is 1. The Morgan fingerprint density at radius 1 is 1.05 bits per heavy atom. The lowest BCUT2D eigenvalue weighted by Gasteiger charge is -2.48. The van der Waals surface area contributed by atoms with Crippen molar-refractivity contribution in [1.29, 1.82) is 0 Å². The summed E-state index contributed by atoms with van der Waals surface area (Å²) in [4.78, 5) is 2.85. The van der Waals surface area contributed by atoms with E-state index < -0.39 is 0 Å². The van der Waals surface area contributed by atoms with Gasteiger partial charge in [0.2, 0.25) is 0 Å². The molecule has 1 heterocycles. The Morgan fingerprint density at radius 3 is 2.47 bits per heavy atom. The molecule has 1 atom stereocenters. The van der Waals surface area contributed by atoms with E-state index in [0.717, 1.165) is 0 Å². The zero-order valence-corrected chi connectivity index (χ0v) is 13.2. The van der Waals surface area contributed by atoms with Crippen molar-refractivity contribution < 1.29 is 0 Å². The normalized spacial score (nSPS) is 27.2. The molecule has 2 nitrogen and oxygen atoms in total. The highest BCUT2D eigenvalue weighted by molar-refractivity contribution is 5.00. The Hall–Kier alpha value is -0.0800. The Labute approximate surface area is 120 Å². The predicted molar refractivity (Wildman–Crippen MR) is 83.6 cm³/mol. The van der Waals surface area contributed by atoms with Crippen LogP contribution in [0.5, 0.6) is 0 Å². The summed E-state index contributed by atoms with van der Waals surface area (Å²) >= 11 is 0. The van der Waals surface area contributed by atoms with Crippen LogP contribution in [0, 0.1) is 0 Å². The molecule has 2 heteroatoms. The minimum Gasteiger partial charge on any atom is -0.311 e. The van der Waals surface area contributed by atoms with Crippen molar-refractivity contribution in [2.24, 2.45) is 0 Å². The van der Waals surface area contributed by atoms with Crippen molar-refractivity contribution >= 4 is 0 Å². The number of unbranched alkanes of at least 4 members (excludes halogenated alkanes) is 5. The van der Waals surface area contributed by atoms with E-state index in [1.807, 2.05) is 0 Å². The maximum Gasteiger partial charge on any atom is 0.0334 e. The van der Waals surface area contributed by atoms with E-state index in [4.69, 9.17) is 0 Å². The van der Waals surface area contributed by atoms with Crippen LogP contribution in [0.25, 0.3) is 0 Å². The van der Waals surface area contributed by atoms with Gasteiger partial charge in [-0.3, -0.25) is 4.90 Å². The largest absolute Gasteiger partial charge is 0.311 e. The lowest BCUT2D eigenvalue weighted by molar-refractivity contribution is 0.0450. The Bertz CT molecular complexity index is 246. The van der Waals surface area contributed by atoms with Crippen LogP contribution in [-0.4, -0.2) is 36.1 Å². The molecule has 1 unspecified atom stereocenters. The quantitative estimate of drug-likeness (QED) is 0.702. The predicted octanol–water partition coefficient (Wildman–Crippen LogP) is 3.95. The second kappa shape index (κ2) is 7.64. The Kier molecular flexibility index (Phi) is 6.15. The van der Waals surface area contributed by atoms with Crippen LogP contribution in [0.15, 0.2) is 0 Å².